The summed E-state index contributed by atoms with van der Waals surface area (Å²) in [6, 6.07) is 49.8. The van der Waals surface area contributed by atoms with Crippen LogP contribution in [0.25, 0.3) is 87.9 Å². The molecule has 9 aromatic rings. The van der Waals surface area contributed by atoms with E-state index >= 15 is 0 Å². The van der Waals surface area contributed by atoms with Crippen molar-refractivity contribution >= 4 is 43.2 Å². The number of nitrogens with zero attached hydrogens (tertiary/aromatic N) is 3. The molecular formula is C43H27N3. The molecule has 0 bridgehead atoms. The average molecular weight is 586 g/mol. The van der Waals surface area contributed by atoms with E-state index in [0.717, 1.165) is 60.9 Å². The molecule has 3 nitrogen and oxygen atoms in total. The first-order chi connectivity index (χ1) is 22.8. The lowest BCUT2D eigenvalue weighted by Gasteiger charge is -2.18. The lowest BCUT2D eigenvalue weighted by atomic mass is 9.87. The molecule has 6 aromatic carbocycles. The Bertz CT molecular complexity index is 2500. The number of fused-ring (bicyclic) bond motifs is 6. The minimum atomic E-state index is 0.987. The summed E-state index contributed by atoms with van der Waals surface area (Å²) in [7, 11) is 0. The van der Waals surface area contributed by atoms with Crippen molar-refractivity contribution in [1.29, 1.82) is 0 Å². The summed E-state index contributed by atoms with van der Waals surface area (Å²) >= 11 is 0. The van der Waals surface area contributed by atoms with Crippen molar-refractivity contribution in [3.05, 3.63) is 164 Å². The molecule has 0 amide bonds. The molecular weight excluding hydrogens is 558 g/mol. The molecule has 0 radical (unpaired) electrons. The molecule has 0 N–H and O–H groups in total. The van der Waals surface area contributed by atoms with Gasteiger partial charge in [-0.15, -0.1) is 0 Å². The summed E-state index contributed by atoms with van der Waals surface area (Å²) in [6.07, 6.45) is 7.49. The first-order valence-corrected chi connectivity index (χ1v) is 15.5. The van der Waals surface area contributed by atoms with Crippen molar-refractivity contribution in [3.63, 3.8) is 0 Å². The Morgan fingerprint density at radius 3 is 1.63 bits per heavy atom. The highest BCUT2D eigenvalue weighted by Gasteiger charge is 2.18. The Morgan fingerprint density at radius 1 is 0.370 bits per heavy atom. The van der Waals surface area contributed by atoms with E-state index < -0.39 is 0 Å². The van der Waals surface area contributed by atoms with E-state index in [1.54, 1.807) is 0 Å². The van der Waals surface area contributed by atoms with Crippen LogP contribution in [0, 0.1) is 0 Å². The van der Waals surface area contributed by atoms with Crippen molar-refractivity contribution in [3.8, 4) is 44.6 Å². The van der Waals surface area contributed by atoms with Gasteiger partial charge in [0.25, 0.3) is 0 Å². The third-order valence-electron chi connectivity index (χ3n) is 8.95. The Morgan fingerprint density at radius 2 is 0.957 bits per heavy atom. The second-order valence-electron chi connectivity index (χ2n) is 11.7. The Hall–Kier alpha value is -6.19. The lowest BCUT2D eigenvalue weighted by Crippen LogP contribution is -1.94. The predicted molar refractivity (Wildman–Crippen MR) is 192 cm³/mol. The maximum atomic E-state index is 5.38. The monoisotopic (exact) mass is 585 g/mol. The molecule has 214 valence electrons. The molecule has 3 heterocycles. The summed E-state index contributed by atoms with van der Waals surface area (Å²) in [4.78, 5) is 14.2. The zero-order valence-electron chi connectivity index (χ0n) is 24.9. The first-order valence-electron chi connectivity index (χ1n) is 15.5. The Labute approximate surface area is 266 Å². The van der Waals surface area contributed by atoms with Crippen LogP contribution in [0.1, 0.15) is 0 Å². The second kappa shape index (κ2) is 10.8. The van der Waals surface area contributed by atoms with Crippen LogP contribution in [0.5, 0.6) is 0 Å². The van der Waals surface area contributed by atoms with Crippen LogP contribution in [0.15, 0.2) is 164 Å². The zero-order valence-corrected chi connectivity index (χ0v) is 24.9. The molecule has 0 spiro atoms. The van der Waals surface area contributed by atoms with Gasteiger partial charge in [0.2, 0.25) is 0 Å². The van der Waals surface area contributed by atoms with E-state index in [1.807, 2.05) is 36.9 Å². The molecule has 0 aliphatic rings. The molecule has 46 heavy (non-hydrogen) atoms. The van der Waals surface area contributed by atoms with Gasteiger partial charge in [-0.25, -0.2) is 4.98 Å². The maximum Gasteiger partial charge on any atom is 0.0788 e. The highest BCUT2D eigenvalue weighted by atomic mass is 14.7. The van der Waals surface area contributed by atoms with Crippen molar-refractivity contribution in [2.75, 3.05) is 0 Å². The van der Waals surface area contributed by atoms with E-state index in [-0.39, 0.29) is 0 Å². The quantitative estimate of drug-likeness (QED) is 0.152. The minimum Gasteiger partial charge on any atom is -0.264 e. The zero-order chi connectivity index (χ0) is 30.5. The Balaban J connectivity index is 1.42. The molecule has 0 unspecified atom stereocenters. The van der Waals surface area contributed by atoms with E-state index in [9.17, 15) is 0 Å². The van der Waals surface area contributed by atoms with E-state index in [1.165, 1.54) is 26.9 Å². The molecule has 0 fully saturated rings. The fourth-order valence-electron chi connectivity index (χ4n) is 6.79. The van der Waals surface area contributed by atoms with Crippen LogP contribution < -0.4 is 0 Å². The highest BCUT2D eigenvalue weighted by molar-refractivity contribution is 6.26. The van der Waals surface area contributed by atoms with Gasteiger partial charge in [0.15, 0.2) is 0 Å². The van der Waals surface area contributed by atoms with Gasteiger partial charge in [-0.05, 0) is 92.3 Å². The summed E-state index contributed by atoms with van der Waals surface area (Å²) in [5.74, 6) is 0. The molecule has 0 atom stereocenters. The van der Waals surface area contributed by atoms with Crippen molar-refractivity contribution < 1.29 is 0 Å². The number of pyridine rings is 3. The van der Waals surface area contributed by atoms with Crippen molar-refractivity contribution in [1.82, 2.24) is 15.0 Å². The standard InChI is InChI=1S/C43H27N3/c1-2-10-28(11-3-1)43-40-25-38(35-21-33(31-14-8-18-44-26-31)20-34(22-35)32-15-9-19-45-27-32)36-16-6-7-17-37(36)42(40)39-23-29-12-4-5-13-30(29)24-41(39)46-43/h1-27H. The van der Waals surface area contributed by atoms with Gasteiger partial charge in [-0.3, -0.25) is 9.97 Å². The topological polar surface area (TPSA) is 38.7 Å². The van der Waals surface area contributed by atoms with Crippen LogP contribution >= 0.6 is 0 Å². The molecule has 3 heteroatoms. The molecule has 9 rings (SSSR count). The van der Waals surface area contributed by atoms with Gasteiger partial charge >= 0.3 is 0 Å². The fraction of sp³-hybridized carbons (Fsp3) is 0. The average Bonchev–Trinajstić information content (AvgIpc) is 3.14. The summed E-state index contributed by atoms with van der Waals surface area (Å²) in [5.41, 5.74) is 9.76. The van der Waals surface area contributed by atoms with Gasteiger partial charge in [0.05, 0.1) is 11.2 Å². The summed E-state index contributed by atoms with van der Waals surface area (Å²) in [6.45, 7) is 0. The van der Waals surface area contributed by atoms with Gasteiger partial charge in [-0.2, -0.15) is 0 Å². The highest BCUT2D eigenvalue weighted by Crippen LogP contribution is 2.43. The van der Waals surface area contributed by atoms with E-state index in [4.69, 9.17) is 4.98 Å². The number of benzene rings is 6. The van der Waals surface area contributed by atoms with Crippen LogP contribution in [0.3, 0.4) is 0 Å². The summed E-state index contributed by atoms with van der Waals surface area (Å²) < 4.78 is 0. The minimum absolute atomic E-state index is 0.987. The Kier molecular flexibility index (Phi) is 6.14. The van der Waals surface area contributed by atoms with Gasteiger partial charge < -0.3 is 0 Å². The molecule has 0 aliphatic carbocycles. The van der Waals surface area contributed by atoms with Gasteiger partial charge in [0.1, 0.15) is 0 Å². The third-order valence-corrected chi connectivity index (χ3v) is 8.95. The van der Waals surface area contributed by atoms with Crippen LogP contribution in [-0.4, -0.2) is 15.0 Å². The van der Waals surface area contributed by atoms with Gasteiger partial charge in [-0.1, -0.05) is 91.0 Å². The fourth-order valence-corrected chi connectivity index (χ4v) is 6.79. The molecule has 0 aliphatic heterocycles. The summed E-state index contributed by atoms with van der Waals surface area (Å²) in [5, 5.41) is 8.35. The van der Waals surface area contributed by atoms with E-state index in [2.05, 4.69) is 137 Å². The lowest BCUT2D eigenvalue weighted by molar-refractivity contribution is 1.32. The van der Waals surface area contributed by atoms with Crippen LogP contribution in [0.4, 0.5) is 0 Å². The largest absolute Gasteiger partial charge is 0.264 e. The van der Waals surface area contributed by atoms with Gasteiger partial charge in [0, 0.05) is 57.6 Å². The van der Waals surface area contributed by atoms with Crippen LogP contribution in [0.2, 0.25) is 0 Å². The second-order valence-corrected chi connectivity index (χ2v) is 11.7. The SMILES string of the molecule is c1ccc(-c2nc3cc4ccccc4cc3c3c2cc(-c2cc(-c4cccnc4)cc(-c4cccnc4)c2)c2ccccc23)cc1. The molecule has 0 saturated heterocycles. The molecule has 0 saturated carbocycles. The number of aromatic nitrogens is 3. The first kappa shape index (κ1) is 26.2. The molecule has 3 aromatic heterocycles. The number of rotatable bonds is 4. The smallest absolute Gasteiger partial charge is 0.0788 e. The maximum absolute atomic E-state index is 5.38. The van der Waals surface area contributed by atoms with Crippen molar-refractivity contribution in [2.45, 2.75) is 0 Å². The van der Waals surface area contributed by atoms with Crippen molar-refractivity contribution in [2.24, 2.45) is 0 Å². The number of hydrogen-bond donors (Lipinski definition) is 0. The third kappa shape index (κ3) is 4.41. The van der Waals surface area contributed by atoms with E-state index in [0.29, 0.717) is 0 Å². The van der Waals surface area contributed by atoms with Crippen LogP contribution in [-0.2, 0) is 0 Å². The predicted octanol–water partition coefficient (Wildman–Crippen LogP) is 11.2. The normalized spacial score (nSPS) is 11.5. The number of hydrogen-bond acceptors (Lipinski definition) is 3.